The molecule has 2 fully saturated rings. The van der Waals surface area contributed by atoms with Crippen molar-refractivity contribution in [2.24, 2.45) is 0 Å². The van der Waals surface area contributed by atoms with Gasteiger partial charge in [-0.25, -0.2) is 0 Å². The van der Waals surface area contributed by atoms with E-state index >= 15 is 0 Å². The Morgan fingerprint density at radius 3 is 3.00 bits per heavy atom. The summed E-state index contributed by atoms with van der Waals surface area (Å²) in [5.41, 5.74) is 0. The van der Waals surface area contributed by atoms with Gasteiger partial charge in [0, 0.05) is 13.0 Å². The predicted molar refractivity (Wildman–Crippen MR) is 37.6 cm³/mol. The van der Waals surface area contributed by atoms with Crippen molar-refractivity contribution < 1.29 is 9.47 Å². The molecule has 0 aromatic rings. The zero-order valence-electron chi connectivity index (χ0n) is 6.08. The maximum atomic E-state index is 5.39. The number of hydrogen-bond acceptors (Lipinski definition) is 2. The van der Waals surface area contributed by atoms with Crippen LogP contribution in [0.15, 0.2) is 0 Å². The molecule has 57 valence electrons. The lowest BCUT2D eigenvalue weighted by Gasteiger charge is -2.17. The van der Waals surface area contributed by atoms with Gasteiger partial charge in [-0.2, -0.15) is 0 Å². The Balaban J connectivity index is 1.77. The molecule has 1 radical (unpaired) electrons. The minimum Gasteiger partial charge on any atom is -0.378 e. The van der Waals surface area contributed by atoms with Gasteiger partial charge in [0.2, 0.25) is 0 Å². The van der Waals surface area contributed by atoms with E-state index in [0.29, 0.717) is 24.9 Å². The largest absolute Gasteiger partial charge is 0.378 e. The summed E-state index contributed by atoms with van der Waals surface area (Å²) in [7, 11) is 0. The van der Waals surface area contributed by atoms with Crippen LogP contribution in [0, 0.1) is 6.92 Å². The lowest BCUT2D eigenvalue weighted by molar-refractivity contribution is 0.0508. The summed E-state index contributed by atoms with van der Waals surface area (Å²) < 4.78 is 10.7. The van der Waals surface area contributed by atoms with Crippen LogP contribution in [0.2, 0.25) is 0 Å². The molecular weight excluding hydrogens is 128 g/mol. The van der Waals surface area contributed by atoms with Crippen molar-refractivity contribution >= 4 is 0 Å². The number of fused-ring (bicyclic) bond motifs is 1. The van der Waals surface area contributed by atoms with E-state index in [1.165, 1.54) is 6.42 Å². The maximum Gasteiger partial charge on any atom is 0.0866 e. The van der Waals surface area contributed by atoms with E-state index in [2.05, 4.69) is 6.92 Å². The topological polar surface area (TPSA) is 21.8 Å². The molecule has 0 spiro atoms. The molecule has 2 rings (SSSR count). The van der Waals surface area contributed by atoms with Gasteiger partial charge in [-0.3, -0.25) is 0 Å². The normalized spacial score (nSPS) is 44.7. The number of epoxide rings is 1. The predicted octanol–water partition coefficient (Wildman–Crippen LogP) is 1.16. The van der Waals surface area contributed by atoms with Crippen LogP contribution in [0.25, 0.3) is 0 Å². The molecule has 1 saturated heterocycles. The summed E-state index contributed by atoms with van der Waals surface area (Å²) in [6, 6.07) is 0. The summed E-state index contributed by atoms with van der Waals surface area (Å²) >= 11 is 0. The van der Waals surface area contributed by atoms with Gasteiger partial charge in [0.15, 0.2) is 0 Å². The minimum absolute atomic E-state index is 0.432. The van der Waals surface area contributed by atoms with Crippen molar-refractivity contribution in [2.75, 3.05) is 6.61 Å². The monoisotopic (exact) mass is 141 g/mol. The standard InChI is InChI=1S/C8H13O2/c1-2-9-6-3-4-7-8(5-6)10-7/h6-8H,1-5H2. The second-order valence-corrected chi connectivity index (χ2v) is 3.02. The highest BCUT2D eigenvalue weighted by Crippen LogP contribution is 2.37. The molecule has 0 bridgehead atoms. The molecule has 2 nitrogen and oxygen atoms in total. The molecule has 2 aliphatic rings. The van der Waals surface area contributed by atoms with Gasteiger partial charge in [0.1, 0.15) is 0 Å². The highest BCUT2D eigenvalue weighted by molar-refractivity contribution is 4.92. The first-order chi connectivity index (χ1) is 4.90. The van der Waals surface area contributed by atoms with Crippen LogP contribution in [0.5, 0.6) is 0 Å². The molecule has 0 aromatic carbocycles. The quantitative estimate of drug-likeness (QED) is 0.538. The molecule has 2 heteroatoms. The Bertz CT molecular complexity index is 124. The maximum absolute atomic E-state index is 5.39. The Hall–Kier alpha value is -0.0800. The van der Waals surface area contributed by atoms with Gasteiger partial charge in [-0.05, 0) is 19.8 Å². The van der Waals surface area contributed by atoms with Crippen LogP contribution >= 0.6 is 0 Å². The van der Waals surface area contributed by atoms with E-state index in [1.54, 1.807) is 0 Å². The average molecular weight is 141 g/mol. The molecule has 0 aromatic heterocycles. The van der Waals surface area contributed by atoms with Crippen molar-refractivity contribution in [1.29, 1.82) is 0 Å². The fraction of sp³-hybridized carbons (Fsp3) is 0.875. The molecule has 0 N–H and O–H groups in total. The van der Waals surface area contributed by atoms with Gasteiger partial charge < -0.3 is 9.47 Å². The zero-order valence-corrected chi connectivity index (χ0v) is 6.08. The smallest absolute Gasteiger partial charge is 0.0866 e. The van der Waals surface area contributed by atoms with E-state index in [9.17, 15) is 0 Å². The molecule has 1 aliphatic heterocycles. The SMILES string of the molecule is [CH2]COC1CCC2OC2C1. The van der Waals surface area contributed by atoms with E-state index < -0.39 is 0 Å². The third-order valence-electron chi connectivity index (χ3n) is 2.31. The zero-order chi connectivity index (χ0) is 6.97. The summed E-state index contributed by atoms with van der Waals surface area (Å²) in [6.45, 7) is 4.25. The summed E-state index contributed by atoms with van der Waals surface area (Å²) in [5, 5.41) is 0. The number of ether oxygens (including phenoxy) is 2. The van der Waals surface area contributed by atoms with Crippen LogP contribution < -0.4 is 0 Å². The van der Waals surface area contributed by atoms with E-state index in [0.717, 1.165) is 12.8 Å². The van der Waals surface area contributed by atoms with Gasteiger partial charge in [0.05, 0.1) is 18.3 Å². The van der Waals surface area contributed by atoms with Crippen molar-refractivity contribution in [2.45, 2.75) is 37.6 Å². The first-order valence-corrected chi connectivity index (χ1v) is 3.96. The first-order valence-electron chi connectivity index (χ1n) is 3.96. The average Bonchev–Trinajstić information content (AvgIpc) is 2.66. The Kier molecular flexibility index (Phi) is 1.66. The molecule has 10 heavy (non-hydrogen) atoms. The lowest BCUT2D eigenvalue weighted by atomic mass is 9.98. The van der Waals surface area contributed by atoms with Gasteiger partial charge in [-0.15, -0.1) is 0 Å². The number of rotatable bonds is 2. The summed E-state index contributed by atoms with van der Waals surface area (Å²) in [4.78, 5) is 0. The number of hydrogen-bond donors (Lipinski definition) is 0. The molecule has 3 unspecified atom stereocenters. The van der Waals surface area contributed by atoms with Gasteiger partial charge >= 0.3 is 0 Å². The third kappa shape index (κ3) is 1.18. The van der Waals surface area contributed by atoms with Crippen molar-refractivity contribution in [3.05, 3.63) is 6.92 Å². The van der Waals surface area contributed by atoms with E-state index in [-0.39, 0.29) is 0 Å². The van der Waals surface area contributed by atoms with Crippen LogP contribution in [0.3, 0.4) is 0 Å². The van der Waals surface area contributed by atoms with Crippen molar-refractivity contribution in [1.82, 2.24) is 0 Å². The molecule has 3 atom stereocenters. The van der Waals surface area contributed by atoms with Crippen LogP contribution in [-0.4, -0.2) is 24.9 Å². The van der Waals surface area contributed by atoms with Crippen LogP contribution in [-0.2, 0) is 9.47 Å². The lowest BCUT2D eigenvalue weighted by Crippen LogP contribution is -2.21. The first kappa shape index (κ1) is 6.62. The second-order valence-electron chi connectivity index (χ2n) is 3.02. The fourth-order valence-electron chi connectivity index (χ4n) is 1.69. The molecule has 1 saturated carbocycles. The molecular formula is C8H13O2. The van der Waals surface area contributed by atoms with E-state index in [1.807, 2.05) is 0 Å². The summed E-state index contributed by atoms with van der Waals surface area (Å²) in [5.74, 6) is 0. The fourth-order valence-corrected chi connectivity index (χ4v) is 1.69. The Labute approximate surface area is 61.5 Å². The molecule has 1 aliphatic carbocycles. The van der Waals surface area contributed by atoms with Crippen LogP contribution in [0.1, 0.15) is 19.3 Å². The minimum atomic E-state index is 0.432. The molecule has 1 heterocycles. The van der Waals surface area contributed by atoms with Gasteiger partial charge in [0.25, 0.3) is 0 Å². The highest BCUT2D eigenvalue weighted by atomic mass is 16.6. The highest BCUT2D eigenvalue weighted by Gasteiger charge is 2.43. The van der Waals surface area contributed by atoms with Crippen molar-refractivity contribution in [3.63, 3.8) is 0 Å². The third-order valence-corrected chi connectivity index (χ3v) is 2.31. The Morgan fingerprint density at radius 1 is 1.40 bits per heavy atom. The van der Waals surface area contributed by atoms with E-state index in [4.69, 9.17) is 9.47 Å². The molecule has 0 amide bonds. The summed E-state index contributed by atoms with van der Waals surface area (Å²) in [6.07, 6.45) is 5.00. The van der Waals surface area contributed by atoms with Gasteiger partial charge in [-0.1, -0.05) is 0 Å². The van der Waals surface area contributed by atoms with Crippen LogP contribution in [0.4, 0.5) is 0 Å². The van der Waals surface area contributed by atoms with Crippen molar-refractivity contribution in [3.8, 4) is 0 Å². The second kappa shape index (κ2) is 2.51. The Morgan fingerprint density at radius 2 is 2.30 bits per heavy atom.